The van der Waals surface area contributed by atoms with Crippen LogP contribution in [0.5, 0.6) is 0 Å². The summed E-state index contributed by atoms with van der Waals surface area (Å²) in [4.78, 5) is 22.8. The Morgan fingerprint density at radius 1 is 1.03 bits per heavy atom. The zero-order valence-electron chi connectivity index (χ0n) is 17.6. The number of benzene rings is 2. The molecule has 0 saturated heterocycles. The molecular weight excluding hydrogens is 382 g/mol. The molecule has 0 aliphatic heterocycles. The fourth-order valence-corrected chi connectivity index (χ4v) is 3.38. The smallest absolute Gasteiger partial charge is 0.308 e. The number of aliphatic carboxylic acids is 1. The van der Waals surface area contributed by atoms with E-state index in [-0.39, 0.29) is 30.8 Å². The third-order valence-corrected chi connectivity index (χ3v) is 4.93. The van der Waals surface area contributed by atoms with E-state index < -0.39 is 12.2 Å². The van der Waals surface area contributed by atoms with Crippen molar-refractivity contribution in [2.24, 2.45) is 5.92 Å². The number of carbonyl (C=O) groups is 2. The zero-order valence-corrected chi connectivity index (χ0v) is 17.6. The molecule has 3 N–H and O–H groups in total. The summed E-state index contributed by atoms with van der Waals surface area (Å²) < 4.78 is 5.10. The summed E-state index contributed by atoms with van der Waals surface area (Å²) >= 11 is 0. The third kappa shape index (κ3) is 7.97. The molecule has 0 saturated carbocycles. The van der Waals surface area contributed by atoms with Crippen molar-refractivity contribution in [3.05, 3.63) is 60.2 Å². The molecule has 0 heterocycles. The topological polar surface area (TPSA) is 95.9 Å². The second-order valence-electron chi connectivity index (χ2n) is 7.47. The second kappa shape index (κ2) is 12.1. The molecule has 0 amide bonds. The Labute approximate surface area is 177 Å². The van der Waals surface area contributed by atoms with E-state index in [4.69, 9.17) is 9.84 Å². The van der Waals surface area contributed by atoms with Crippen LogP contribution in [-0.4, -0.2) is 41.0 Å². The molecule has 0 fully saturated rings. The van der Waals surface area contributed by atoms with E-state index in [1.165, 1.54) is 0 Å². The summed E-state index contributed by atoms with van der Waals surface area (Å²) in [6, 6.07) is 18.1. The van der Waals surface area contributed by atoms with Crippen molar-refractivity contribution in [3.63, 3.8) is 0 Å². The minimum atomic E-state index is -0.955. The fourth-order valence-electron chi connectivity index (χ4n) is 3.38. The van der Waals surface area contributed by atoms with Crippen molar-refractivity contribution in [3.8, 4) is 11.1 Å². The Morgan fingerprint density at radius 3 is 2.27 bits per heavy atom. The maximum Gasteiger partial charge on any atom is 0.308 e. The van der Waals surface area contributed by atoms with E-state index in [0.29, 0.717) is 19.4 Å². The molecule has 2 rings (SSSR count). The molecule has 0 aliphatic rings. The van der Waals surface area contributed by atoms with Crippen LogP contribution >= 0.6 is 0 Å². The van der Waals surface area contributed by atoms with Crippen LogP contribution in [0.4, 0.5) is 0 Å². The lowest BCUT2D eigenvalue weighted by molar-refractivity contribution is -0.147. The van der Waals surface area contributed by atoms with Gasteiger partial charge in [-0.3, -0.25) is 14.9 Å². The van der Waals surface area contributed by atoms with E-state index in [2.05, 4.69) is 29.6 Å². The Bertz CT molecular complexity index is 791. The highest BCUT2D eigenvalue weighted by molar-refractivity contribution is 5.72. The van der Waals surface area contributed by atoms with Crippen molar-refractivity contribution >= 4 is 11.9 Å². The molecule has 162 valence electrons. The molecular formula is C24H31NO5. The first-order chi connectivity index (χ1) is 14.4. The second-order valence-corrected chi connectivity index (χ2v) is 7.47. The number of aliphatic hydroxyl groups is 1. The summed E-state index contributed by atoms with van der Waals surface area (Å²) in [6.45, 7) is 3.89. The van der Waals surface area contributed by atoms with Crippen LogP contribution < -0.4 is 5.32 Å². The minimum Gasteiger partial charge on any atom is -0.481 e. The maximum atomic E-state index is 12.0. The van der Waals surface area contributed by atoms with Crippen LogP contribution in [0.25, 0.3) is 11.1 Å². The quantitative estimate of drug-likeness (QED) is 0.363. The van der Waals surface area contributed by atoms with Crippen LogP contribution in [0.15, 0.2) is 54.6 Å². The molecule has 0 aliphatic carbocycles. The monoisotopic (exact) mass is 413 g/mol. The predicted molar refractivity (Wildman–Crippen MR) is 116 cm³/mol. The zero-order chi connectivity index (χ0) is 21.9. The number of carbonyl (C=O) groups excluding carboxylic acids is 1. The third-order valence-electron chi connectivity index (χ3n) is 4.93. The van der Waals surface area contributed by atoms with Gasteiger partial charge in [-0.05, 0) is 42.9 Å². The molecule has 3 atom stereocenters. The first-order valence-corrected chi connectivity index (χ1v) is 10.4. The number of nitrogens with one attached hydrogen (secondary N) is 1. The van der Waals surface area contributed by atoms with Crippen molar-refractivity contribution in [2.45, 2.75) is 51.8 Å². The van der Waals surface area contributed by atoms with E-state index in [1.54, 1.807) is 13.8 Å². The van der Waals surface area contributed by atoms with Gasteiger partial charge in [0.05, 0.1) is 12.5 Å². The Hall–Kier alpha value is -2.70. The summed E-state index contributed by atoms with van der Waals surface area (Å²) in [7, 11) is 0. The number of ether oxygens (including phenoxy) is 1. The highest BCUT2D eigenvalue weighted by Crippen LogP contribution is 2.21. The first kappa shape index (κ1) is 23.6. The normalized spacial score (nSPS) is 14.0. The summed E-state index contributed by atoms with van der Waals surface area (Å²) in [5.74, 6) is -1.56. The molecule has 0 spiro atoms. The number of carboxylic acids is 1. The number of esters is 1. The molecule has 2 aromatic rings. The average molecular weight is 414 g/mol. The van der Waals surface area contributed by atoms with Gasteiger partial charge in [-0.25, -0.2) is 0 Å². The Balaban J connectivity index is 2.06. The highest BCUT2D eigenvalue weighted by Gasteiger charge is 2.22. The molecule has 0 bridgehead atoms. The van der Waals surface area contributed by atoms with Crippen LogP contribution in [0.3, 0.4) is 0 Å². The SMILES string of the molecule is CCOC(=O)[C@H](C)C[C@@H](Cc1ccc(-c2ccccc2)cc1)NC(O)CCC(=O)O. The van der Waals surface area contributed by atoms with Gasteiger partial charge >= 0.3 is 11.9 Å². The van der Waals surface area contributed by atoms with Gasteiger partial charge in [0, 0.05) is 12.5 Å². The first-order valence-electron chi connectivity index (χ1n) is 10.4. The molecule has 1 unspecified atom stereocenters. The maximum absolute atomic E-state index is 12.0. The predicted octanol–water partition coefficient (Wildman–Crippen LogP) is 3.63. The molecule has 0 radical (unpaired) electrons. The van der Waals surface area contributed by atoms with Crippen LogP contribution in [0.1, 0.15) is 38.7 Å². The molecule has 6 heteroatoms. The summed E-state index contributed by atoms with van der Waals surface area (Å²) in [5, 5.41) is 22.1. The Kier molecular flexibility index (Phi) is 9.51. The minimum absolute atomic E-state index is 0.104. The lowest BCUT2D eigenvalue weighted by Crippen LogP contribution is -2.41. The van der Waals surface area contributed by atoms with Crippen molar-refractivity contribution in [1.29, 1.82) is 0 Å². The van der Waals surface area contributed by atoms with Crippen LogP contribution in [0.2, 0.25) is 0 Å². The van der Waals surface area contributed by atoms with Gasteiger partial charge in [-0.1, -0.05) is 61.5 Å². The van der Waals surface area contributed by atoms with Crippen LogP contribution in [-0.2, 0) is 20.7 Å². The average Bonchev–Trinajstić information content (AvgIpc) is 2.73. The number of aliphatic hydroxyl groups excluding tert-OH is 1. The number of hydrogen-bond donors (Lipinski definition) is 3. The van der Waals surface area contributed by atoms with Gasteiger partial charge in [0.2, 0.25) is 0 Å². The Morgan fingerprint density at radius 2 is 1.67 bits per heavy atom. The van der Waals surface area contributed by atoms with Crippen molar-refractivity contribution < 1.29 is 24.5 Å². The van der Waals surface area contributed by atoms with Crippen molar-refractivity contribution in [2.75, 3.05) is 6.61 Å². The largest absolute Gasteiger partial charge is 0.481 e. The standard InChI is InChI=1S/C24H31NO5/c1-3-30-24(29)17(2)15-21(25-22(26)13-14-23(27)28)16-18-9-11-20(12-10-18)19-7-5-4-6-8-19/h4-12,17,21-22,25-26H,3,13-16H2,1-2H3,(H,27,28)/t17-,21+,22?/m1/s1. The van der Waals surface area contributed by atoms with Crippen LogP contribution in [0, 0.1) is 5.92 Å². The number of carboxylic acid groups (broad SMARTS) is 1. The highest BCUT2D eigenvalue weighted by atomic mass is 16.5. The van der Waals surface area contributed by atoms with Gasteiger partial charge in [-0.15, -0.1) is 0 Å². The lowest BCUT2D eigenvalue weighted by atomic mass is 9.94. The van der Waals surface area contributed by atoms with Gasteiger partial charge in [0.15, 0.2) is 0 Å². The van der Waals surface area contributed by atoms with Gasteiger partial charge < -0.3 is 14.9 Å². The fraction of sp³-hybridized carbons (Fsp3) is 0.417. The summed E-state index contributed by atoms with van der Waals surface area (Å²) in [5.41, 5.74) is 3.32. The van der Waals surface area contributed by atoms with Gasteiger partial charge in [0.1, 0.15) is 6.23 Å². The van der Waals surface area contributed by atoms with E-state index in [9.17, 15) is 14.7 Å². The van der Waals surface area contributed by atoms with E-state index in [0.717, 1.165) is 16.7 Å². The van der Waals surface area contributed by atoms with Gasteiger partial charge in [-0.2, -0.15) is 0 Å². The lowest BCUT2D eigenvalue weighted by Gasteiger charge is -2.25. The molecule has 0 aromatic heterocycles. The number of rotatable bonds is 12. The van der Waals surface area contributed by atoms with E-state index in [1.807, 2.05) is 30.3 Å². The molecule has 6 nitrogen and oxygen atoms in total. The van der Waals surface area contributed by atoms with E-state index >= 15 is 0 Å². The van der Waals surface area contributed by atoms with Crippen molar-refractivity contribution in [1.82, 2.24) is 5.32 Å². The summed E-state index contributed by atoms with van der Waals surface area (Å²) in [6.07, 6.45) is 0.100. The van der Waals surface area contributed by atoms with Gasteiger partial charge in [0.25, 0.3) is 0 Å². The molecule has 2 aromatic carbocycles. The molecule has 30 heavy (non-hydrogen) atoms. The number of hydrogen-bond acceptors (Lipinski definition) is 5.